The SMILES string of the molecule is [NH3+]Cc1ccc2c(c1)NCCC2. The van der Waals surface area contributed by atoms with Crippen LogP contribution < -0.4 is 11.1 Å². The summed E-state index contributed by atoms with van der Waals surface area (Å²) in [6, 6.07) is 6.63. The third kappa shape index (κ3) is 1.30. The zero-order valence-electron chi connectivity index (χ0n) is 7.27. The predicted molar refractivity (Wildman–Crippen MR) is 49.8 cm³/mol. The van der Waals surface area contributed by atoms with Gasteiger partial charge in [0, 0.05) is 17.8 Å². The van der Waals surface area contributed by atoms with Crippen LogP contribution in [0.15, 0.2) is 18.2 Å². The molecule has 12 heavy (non-hydrogen) atoms. The van der Waals surface area contributed by atoms with Gasteiger partial charge < -0.3 is 11.1 Å². The molecule has 1 aromatic rings. The molecule has 0 atom stereocenters. The van der Waals surface area contributed by atoms with Crippen LogP contribution in [0.4, 0.5) is 5.69 Å². The number of aryl methyl sites for hydroxylation is 1. The van der Waals surface area contributed by atoms with E-state index in [4.69, 9.17) is 0 Å². The fraction of sp³-hybridized carbons (Fsp3) is 0.400. The minimum absolute atomic E-state index is 0.884. The molecule has 0 saturated carbocycles. The first kappa shape index (κ1) is 7.62. The molecule has 1 aliphatic heterocycles. The van der Waals surface area contributed by atoms with Crippen molar-refractivity contribution in [1.82, 2.24) is 0 Å². The molecule has 4 N–H and O–H groups in total. The first-order chi connectivity index (χ1) is 5.90. The Kier molecular flexibility index (Phi) is 2.00. The smallest absolute Gasteiger partial charge is 0.0998 e. The van der Waals surface area contributed by atoms with Gasteiger partial charge in [0.25, 0.3) is 0 Å². The Bertz CT molecular complexity index is 281. The molecule has 2 nitrogen and oxygen atoms in total. The summed E-state index contributed by atoms with van der Waals surface area (Å²) >= 11 is 0. The van der Waals surface area contributed by atoms with Crippen LogP contribution in [-0.2, 0) is 13.0 Å². The van der Waals surface area contributed by atoms with Crippen LogP contribution in [-0.4, -0.2) is 6.54 Å². The summed E-state index contributed by atoms with van der Waals surface area (Å²) < 4.78 is 0. The van der Waals surface area contributed by atoms with Crippen molar-refractivity contribution in [2.75, 3.05) is 11.9 Å². The Hall–Kier alpha value is -1.02. The van der Waals surface area contributed by atoms with Crippen LogP contribution in [0.3, 0.4) is 0 Å². The molecule has 0 saturated heterocycles. The Labute approximate surface area is 72.8 Å². The van der Waals surface area contributed by atoms with Gasteiger partial charge in [-0.15, -0.1) is 0 Å². The molecule has 0 unspecified atom stereocenters. The quantitative estimate of drug-likeness (QED) is 0.631. The maximum atomic E-state index is 3.88. The fourth-order valence-corrected chi connectivity index (χ4v) is 1.66. The molecule has 0 spiro atoms. The largest absolute Gasteiger partial charge is 0.385 e. The van der Waals surface area contributed by atoms with Gasteiger partial charge in [-0.05, 0) is 24.5 Å². The van der Waals surface area contributed by atoms with E-state index in [0.29, 0.717) is 0 Å². The summed E-state index contributed by atoms with van der Waals surface area (Å²) in [5.74, 6) is 0. The standard InChI is InChI=1S/C10H14N2/c11-7-8-3-4-9-2-1-5-12-10(9)6-8/h3-4,6,12H,1-2,5,7,11H2/p+1. The van der Waals surface area contributed by atoms with E-state index in [0.717, 1.165) is 13.1 Å². The summed E-state index contributed by atoms with van der Waals surface area (Å²) in [6.07, 6.45) is 2.48. The number of anilines is 1. The first-order valence-corrected chi connectivity index (χ1v) is 4.55. The van der Waals surface area contributed by atoms with Gasteiger partial charge in [-0.2, -0.15) is 0 Å². The molecular formula is C10H15N2+. The summed E-state index contributed by atoms with van der Waals surface area (Å²) in [4.78, 5) is 0. The van der Waals surface area contributed by atoms with Crippen molar-refractivity contribution in [3.63, 3.8) is 0 Å². The average Bonchev–Trinajstić information content (AvgIpc) is 2.17. The van der Waals surface area contributed by atoms with Gasteiger partial charge in [-0.3, -0.25) is 0 Å². The monoisotopic (exact) mass is 163 g/mol. The number of hydrogen-bond donors (Lipinski definition) is 2. The Morgan fingerprint density at radius 1 is 1.42 bits per heavy atom. The lowest BCUT2D eigenvalue weighted by Crippen LogP contribution is -2.47. The van der Waals surface area contributed by atoms with Crippen molar-refractivity contribution in [2.24, 2.45) is 0 Å². The molecule has 2 heteroatoms. The average molecular weight is 163 g/mol. The molecule has 0 bridgehead atoms. The van der Waals surface area contributed by atoms with Crippen molar-refractivity contribution in [1.29, 1.82) is 0 Å². The van der Waals surface area contributed by atoms with E-state index in [1.54, 1.807) is 0 Å². The molecule has 1 aromatic carbocycles. The van der Waals surface area contributed by atoms with E-state index in [9.17, 15) is 0 Å². The van der Waals surface area contributed by atoms with Crippen molar-refractivity contribution >= 4 is 5.69 Å². The summed E-state index contributed by atoms with van der Waals surface area (Å²) in [5, 5.41) is 3.41. The van der Waals surface area contributed by atoms with Crippen LogP contribution in [0.5, 0.6) is 0 Å². The van der Waals surface area contributed by atoms with Crippen LogP contribution in [0.25, 0.3) is 0 Å². The van der Waals surface area contributed by atoms with Crippen LogP contribution >= 0.6 is 0 Å². The Morgan fingerprint density at radius 2 is 2.33 bits per heavy atom. The highest BCUT2D eigenvalue weighted by atomic mass is 14.9. The van der Waals surface area contributed by atoms with Gasteiger partial charge in [0.05, 0.1) is 6.54 Å². The molecule has 0 aromatic heterocycles. The molecule has 2 rings (SSSR count). The Balaban J connectivity index is 2.36. The minimum atomic E-state index is 0.884. The predicted octanol–water partition coefficient (Wildman–Crippen LogP) is 0.787. The van der Waals surface area contributed by atoms with Gasteiger partial charge in [-0.25, -0.2) is 0 Å². The maximum Gasteiger partial charge on any atom is 0.0998 e. The summed E-state index contributed by atoms with van der Waals surface area (Å²) in [6.45, 7) is 2.00. The van der Waals surface area contributed by atoms with Crippen molar-refractivity contribution in [3.05, 3.63) is 29.3 Å². The second-order valence-corrected chi connectivity index (χ2v) is 3.27. The number of rotatable bonds is 1. The number of hydrogen-bond acceptors (Lipinski definition) is 1. The first-order valence-electron chi connectivity index (χ1n) is 4.55. The molecule has 0 radical (unpaired) electrons. The summed E-state index contributed by atoms with van der Waals surface area (Å²) in [7, 11) is 0. The summed E-state index contributed by atoms with van der Waals surface area (Å²) in [5.41, 5.74) is 7.98. The highest BCUT2D eigenvalue weighted by Gasteiger charge is 2.07. The second-order valence-electron chi connectivity index (χ2n) is 3.27. The molecule has 0 amide bonds. The van der Waals surface area contributed by atoms with Gasteiger partial charge in [0.1, 0.15) is 0 Å². The zero-order valence-corrected chi connectivity index (χ0v) is 7.27. The van der Waals surface area contributed by atoms with E-state index in [2.05, 4.69) is 29.2 Å². The van der Waals surface area contributed by atoms with Gasteiger partial charge in [0.15, 0.2) is 0 Å². The van der Waals surface area contributed by atoms with Crippen molar-refractivity contribution in [2.45, 2.75) is 19.4 Å². The lowest BCUT2D eigenvalue weighted by Gasteiger charge is -2.17. The van der Waals surface area contributed by atoms with Crippen LogP contribution in [0, 0.1) is 0 Å². The minimum Gasteiger partial charge on any atom is -0.385 e. The normalized spacial score (nSPS) is 15.1. The lowest BCUT2D eigenvalue weighted by molar-refractivity contribution is -0.386. The van der Waals surface area contributed by atoms with E-state index < -0.39 is 0 Å². The third-order valence-electron chi connectivity index (χ3n) is 2.40. The number of nitrogens with one attached hydrogen (secondary N) is 1. The Morgan fingerprint density at radius 3 is 3.17 bits per heavy atom. The molecule has 0 aliphatic carbocycles. The molecule has 1 heterocycles. The second kappa shape index (κ2) is 3.15. The highest BCUT2D eigenvalue weighted by Crippen LogP contribution is 2.22. The van der Waals surface area contributed by atoms with Gasteiger partial charge in [0.2, 0.25) is 0 Å². The molecule has 64 valence electrons. The fourth-order valence-electron chi connectivity index (χ4n) is 1.66. The topological polar surface area (TPSA) is 39.7 Å². The number of benzene rings is 1. The molecular weight excluding hydrogens is 148 g/mol. The number of quaternary nitrogens is 1. The van der Waals surface area contributed by atoms with Crippen LogP contribution in [0.1, 0.15) is 17.5 Å². The molecule has 1 aliphatic rings. The zero-order chi connectivity index (χ0) is 8.39. The van der Waals surface area contributed by atoms with Crippen molar-refractivity contribution < 1.29 is 5.73 Å². The maximum absolute atomic E-state index is 3.88. The van der Waals surface area contributed by atoms with Gasteiger partial charge in [-0.1, -0.05) is 12.1 Å². The molecule has 0 fully saturated rings. The van der Waals surface area contributed by atoms with E-state index >= 15 is 0 Å². The van der Waals surface area contributed by atoms with Crippen LogP contribution in [0.2, 0.25) is 0 Å². The lowest BCUT2D eigenvalue weighted by atomic mass is 10.0. The van der Waals surface area contributed by atoms with Gasteiger partial charge >= 0.3 is 0 Å². The third-order valence-corrected chi connectivity index (χ3v) is 2.40. The van der Waals surface area contributed by atoms with E-state index in [-0.39, 0.29) is 0 Å². The van der Waals surface area contributed by atoms with E-state index in [1.807, 2.05) is 0 Å². The highest BCUT2D eigenvalue weighted by molar-refractivity contribution is 5.54. The van der Waals surface area contributed by atoms with E-state index in [1.165, 1.54) is 29.7 Å². The van der Waals surface area contributed by atoms with Crippen molar-refractivity contribution in [3.8, 4) is 0 Å². The number of fused-ring (bicyclic) bond motifs is 1.